The van der Waals surface area contributed by atoms with Gasteiger partial charge >= 0.3 is 0 Å². The first-order valence-electron chi connectivity index (χ1n) is 5.62. The predicted octanol–water partition coefficient (Wildman–Crippen LogP) is 3.65. The van der Waals surface area contributed by atoms with Crippen LogP contribution in [-0.2, 0) is 0 Å². The molecule has 2 rings (SSSR count). The van der Waals surface area contributed by atoms with Crippen LogP contribution in [0.4, 0.5) is 14.5 Å². The number of aliphatic imine (C=N–C) groups is 1. The van der Waals surface area contributed by atoms with Crippen LogP contribution in [0.5, 0.6) is 0 Å². The Bertz CT molecular complexity index is 414. The molecular formula is C12H14F2N2S. The van der Waals surface area contributed by atoms with Gasteiger partial charge in [0, 0.05) is 5.75 Å². The quantitative estimate of drug-likeness (QED) is 0.873. The van der Waals surface area contributed by atoms with Gasteiger partial charge in [-0.3, -0.25) is 4.99 Å². The maximum absolute atomic E-state index is 13.4. The van der Waals surface area contributed by atoms with E-state index in [0.29, 0.717) is 5.17 Å². The number of amidine groups is 1. The molecule has 0 aromatic heterocycles. The summed E-state index contributed by atoms with van der Waals surface area (Å²) >= 11 is 1.50. The Morgan fingerprint density at radius 2 is 2.12 bits per heavy atom. The fourth-order valence-corrected chi connectivity index (χ4v) is 2.63. The molecule has 1 N–H and O–H groups in total. The second-order valence-electron chi connectivity index (χ2n) is 3.86. The lowest BCUT2D eigenvalue weighted by Crippen LogP contribution is -2.20. The van der Waals surface area contributed by atoms with E-state index >= 15 is 0 Å². The van der Waals surface area contributed by atoms with Crippen LogP contribution in [0, 0.1) is 11.6 Å². The first kappa shape index (κ1) is 12.4. The summed E-state index contributed by atoms with van der Waals surface area (Å²) < 4.78 is 26.8. The van der Waals surface area contributed by atoms with Gasteiger partial charge in [0.15, 0.2) is 5.17 Å². The van der Waals surface area contributed by atoms with Gasteiger partial charge in [-0.25, -0.2) is 8.78 Å². The van der Waals surface area contributed by atoms with Gasteiger partial charge in [-0.1, -0.05) is 24.8 Å². The molecule has 0 radical (unpaired) electrons. The van der Waals surface area contributed by atoms with Crippen molar-refractivity contribution in [1.82, 2.24) is 0 Å². The minimum absolute atomic E-state index is 0.115. The van der Waals surface area contributed by atoms with Crippen LogP contribution in [0.2, 0.25) is 0 Å². The van der Waals surface area contributed by atoms with Crippen LogP contribution in [0.1, 0.15) is 19.8 Å². The van der Waals surface area contributed by atoms with Crippen LogP contribution in [0.25, 0.3) is 0 Å². The van der Waals surface area contributed by atoms with Crippen LogP contribution < -0.4 is 5.32 Å². The largest absolute Gasteiger partial charge is 0.330 e. The molecule has 1 atom stereocenters. The highest BCUT2D eigenvalue weighted by Gasteiger charge is 2.16. The molecule has 1 aromatic carbocycles. The summed E-state index contributed by atoms with van der Waals surface area (Å²) in [5.74, 6) is -0.251. The van der Waals surface area contributed by atoms with E-state index in [-0.39, 0.29) is 11.7 Å². The van der Waals surface area contributed by atoms with Crippen molar-refractivity contribution < 1.29 is 8.78 Å². The summed E-state index contributed by atoms with van der Waals surface area (Å²) in [4.78, 5) is 4.41. The van der Waals surface area contributed by atoms with Gasteiger partial charge in [0.25, 0.3) is 0 Å². The van der Waals surface area contributed by atoms with Crippen molar-refractivity contribution in [2.45, 2.75) is 25.8 Å². The van der Waals surface area contributed by atoms with Crippen molar-refractivity contribution in [3.8, 4) is 0 Å². The van der Waals surface area contributed by atoms with Crippen LogP contribution in [-0.4, -0.2) is 17.0 Å². The second-order valence-corrected chi connectivity index (χ2v) is 4.94. The maximum Gasteiger partial charge on any atom is 0.161 e. The molecule has 92 valence electrons. The van der Waals surface area contributed by atoms with Crippen molar-refractivity contribution in [3.05, 3.63) is 29.8 Å². The first-order chi connectivity index (χ1) is 8.20. The monoisotopic (exact) mass is 256 g/mol. The van der Waals surface area contributed by atoms with Crippen molar-refractivity contribution in [2.75, 3.05) is 11.1 Å². The van der Waals surface area contributed by atoms with Crippen LogP contribution in [0.3, 0.4) is 0 Å². The Morgan fingerprint density at radius 3 is 2.76 bits per heavy atom. The zero-order chi connectivity index (χ0) is 12.3. The summed E-state index contributed by atoms with van der Waals surface area (Å²) in [5, 5.41) is 3.35. The van der Waals surface area contributed by atoms with E-state index in [4.69, 9.17) is 0 Å². The standard InChI is InChI=1S/C12H14F2N2S/c1-2-8-6-7-17-12(15-8)16-11-9(13)4-3-5-10(11)14/h3-5,8H,2,6-7H2,1H3,(H,15,16). The normalized spacial score (nSPS) is 19.9. The number of nitrogens with zero attached hydrogens (tertiary/aromatic N) is 1. The topological polar surface area (TPSA) is 24.4 Å². The van der Waals surface area contributed by atoms with Crippen LogP contribution in [0.15, 0.2) is 23.2 Å². The molecule has 0 amide bonds. The molecule has 0 saturated carbocycles. The van der Waals surface area contributed by atoms with E-state index in [2.05, 4.69) is 17.2 Å². The Balaban J connectivity index is 2.18. The summed E-state index contributed by atoms with van der Waals surface area (Å²) in [6.45, 7) is 2.06. The average molecular weight is 256 g/mol. The van der Waals surface area contributed by atoms with Gasteiger partial charge in [0.2, 0.25) is 0 Å². The average Bonchev–Trinajstić information content (AvgIpc) is 2.34. The van der Waals surface area contributed by atoms with E-state index in [9.17, 15) is 8.78 Å². The lowest BCUT2D eigenvalue weighted by molar-refractivity contribution is 0.591. The van der Waals surface area contributed by atoms with Gasteiger partial charge in [-0.15, -0.1) is 0 Å². The molecule has 1 heterocycles. The highest BCUT2D eigenvalue weighted by molar-refractivity contribution is 8.14. The number of anilines is 1. The fourth-order valence-electron chi connectivity index (χ4n) is 1.65. The molecule has 0 bridgehead atoms. The summed E-state index contributed by atoms with van der Waals surface area (Å²) in [6.07, 6.45) is 1.97. The van der Waals surface area contributed by atoms with E-state index < -0.39 is 11.6 Å². The number of hydrogen-bond donors (Lipinski definition) is 1. The Hall–Kier alpha value is -1.10. The highest BCUT2D eigenvalue weighted by Crippen LogP contribution is 2.24. The third kappa shape index (κ3) is 2.97. The molecular weight excluding hydrogens is 242 g/mol. The number of benzene rings is 1. The van der Waals surface area contributed by atoms with Gasteiger partial charge in [-0.2, -0.15) is 0 Å². The zero-order valence-electron chi connectivity index (χ0n) is 9.54. The number of rotatable bonds is 2. The number of thioether (sulfide) groups is 1. The molecule has 1 aliphatic rings. The number of nitrogens with one attached hydrogen (secondary N) is 1. The number of hydrogen-bond acceptors (Lipinski definition) is 3. The Kier molecular flexibility index (Phi) is 3.99. The minimum atomic E-state index is -0.591. The SMILES string of the molecule is CCC1CCSC(Nc2c(F)cccc2F)=N1. The van der Waals surface area contributed by atoms with E-state index in [0.717, 1.165) is 18.6 Å². The molecule has 2 nitrogen and oxygen atoms in total. The molecule has 0 aliphatic carbocycles. The molecule has 0 fully saturated rings. The third-order valence-corrected chi connectivity index (χ3v) is 3.58. The maximum atomic E-state index is 13.4. The summed E-state index contributed by atoms with van der Waals surface area (Å²) in [5.41, 5.74) is -0.115. The van der Waals surface area contributed by atoms with Gasteiger partial charge in [-0.05, 0) is 25.0 Å². The second kappa shape index (κ2) is 5.49. The highest BCUT2D eigenvalue weighted by atomic mass is 32.2. The molecule has 0 spiro atoms. The summed E-state index contributed by atoms with van der Waals surface area (Å²) in [6, 6.07) is 4.07. The van der Waals surface area contributed by atoms with Gasteiger partial charge < -0.3 is 5.32 Å². The number of para-hydroxylation sites is 1. The van der Waals surface area contributed by atoms with E-state index in [1.807, 2.05) is 0 Å². The van der Waals surface area contributed by atoms with Crippen molar-refractivity contribution >= 4 is 22.6 Å². The van der Waals surface area contributed by atoms with Crippen LogP contribution >= 0.6 is 11.8 Å². The summed E-state index contributed by atoms with van der Waals surface area (Å²) in [7, 11) is 0. The Morgan fingerprint density at radius 1 is 1.41 bits per heavy atom. The molecule has 1 unspecified atom stereocenters. The smallest absolute Gasteiger partial charge is 0.161 e. The number of halogens is 2. The third-order valence-electron chi connectivity index (χ3n) is 2.66. The lowest BCUT2D eigenvalue weighted by atomic mass is 10.2. The van der Waals surface area contributed by atoms with E-state index in [1.54, 1.807) is 0 Å². The first-order valence-corrected chi connectivity index (χ1v) is 6.61. The van der Waals surface area contributed by atoms with Gasteiger partial charge in [0.05, 0.1) is 6.04 Å². The van der Waals surface area contributed by atoms with E-state index in [1.165, 1.54) is 30.0 Å². The molecule has 17 heavy (non-hydrogen) atoms. The molecule has 0 saturated heterocycles. The van der Waals surface area contributed by atoms with Crippen molar-refractivity contribution in [2.24, 2.45) is 4.99 Å². The molecule has 1 aromatic rings. The zero-order valence-corrected chi connectivity index (χ0v) is 10.4. The molecule has 1 aliphatic heterocycles. The van der Waals surface area contributed by atoms with Crippen molar-refractivity contribution in [3.63, 3.8) is 0 Å². The fraction of sp³-hybridized carbons (Fsp3) is 0.417. The minimum Gasteiger partial charge on any atom is -0.330 e. The van der Waals surface area contributed by atoms with Gasteiger partial charge in [0.1, 0.15) is 17.3 Å². The lowest BCUT2D eigenvalue weighted by Gasteiger charge is -2.19. The molecule has 5 heteroatoms. The Labute approximate surface area is 104 Å². The predicted molar refractivity (Wildman–Crippen MR) is 68.6 cm³/mol. The van der Waals surface area contributed by atoms with Crippen molar-refractivity contribution in [1.29, 1.82) is 0 Å².